The molecule has 3 heteroatoms. The fourth-order valence-electron chi connectivity index (χ4n) is 4.98. The quantitative estimate of drug-likeness (QED) is 0.599. The number of hydrogen-bond acceptors (Lipinski definition) is 2. The van der Waals surface area contributed by atoms with Gasteiger partial charge in [-0.3, -0.25) is 0 Å². The van der Waals surface area contributed by atoms with E-state index in [9.17, 15) is 4.79 Å². The summed E-state index contributed by atoms with van der Waals surface area (Å²) in [6.07, 6.45) is 9.64. The molecule has 0 saturated carbocycles. The average Bonchev–Trinajstić information content (AvgIpc) is 2.80. The van der Waals surface area contributed by atoms with Crippen LogP contribution in [0.25, 0.3) is 0 Å². The second kappa shape index (κ2) is 6.28. The molecule has 122 valence electrons. The monoisotopic (exact) mass is 338 g/mol. The zero-order valence-corrected chi connectivity index (χ0v) is 16.2. The molecule has 0 spiro atoms. The molecule has 0 saturated heterocycles. The van der Waals surface area contributed by atoms with Crippen LogP contribution in [0.1, 0.15) is 65.2 Å². The van der Waals surface area contributed by atoms with Gasteiger partial charge in [-0.2, -0.15) is 0 Å². The molecule has 0 aromatic heterocycles. The number of hydrogen-bond donors (Lipinski definition) is 0. The maximum atomic E-state index is 11.9. The van der Waals surface area contributed by atoms with Gasteiger partial charge in [0.25, 0.3) is 0 Å². The summed E-state index contributed by atoms with van der Waals surface area (Å²) in [4.78, 5) is 11.9. The van der Waals surface area contributed by atoms with E-state index in [0.717, 1.165) is 0 Å². The second-order valence-corrected chi connectivity index (χ2v) is 14.2. The summed E-state index contributed by atoms with van der Waals surface area (Å²) in [6.45, 7) is 4.33. The first-order chi connectivity index (χ1) is 10.5. The van der Waals surface area contributed by atoms with Crippen LogP contribution in [0.15, 0.2) is 22.3 Å². The van der Waals surface area contributed by atoms with E-state index in [-0.39, 0.29) is 5.97 Å². The predicted octanol–water partition coefficient (Wildman–Crippen LogP) is 5.89. The molecular formula is C19H30O2Ti. The second-order valence-electron chi connectivity index (χ2n) is 7.74. The molecule has 2 unspecified atom stereocenters. The Balaban J connectivity index is 1.92. The van der Waals surface area contributed by atoms with E-state index in [2.05, 4.69) is 17.4 Å². The molecule has 0 aromatic rings. The van der Waals surface area contributed by atoms with Crippen molar-refractivity contribution in [3.8, 4) is 0 Å². The van der Waals surface area contributed by atoms with Crippen LogP contribution in [0, 0.1) is 5.92 Å². The van der Waals surface area contributed by atoms with Crippen LogP contribution in [0.4, 0.5) is 0 Å². The van der Waals surface area contributed by atoms with E-state index in [1.54, 1.807) is 22.3 Å². The normalized spacial score (nSPS) is 28.5. The molecule has 3 aliphatic rings. The Hall–Kier alpha value is -0.336. The van der Waals surface area contributed by atoms with Gasteiger partial charge in [-0.25, -0.2) is 0 Å². The third kappa shape index (κ3) is 2.78. The molecule has 0 radical (unpaired) electrons. The molecular weight excluding hydrogens is 308 g/mol. The first-order valence-corrected chi connectivity index (χ1v) is 13.8. The number of allylic oxidation sites excluding steroid dienone is 4. The minimum absolute atomic E-state index is 0.0149. The van der Waals surface area contributed by atoms with Crippen molar-refractivity contribution in [1.82, 2.24) is 0 Å². The molecule has 0 heterocycles. The molecule has 3 aliphatic carbocycles. The Morgan fingerprint density at radius 3 is 2.55 bits per heavy atom. The molecule has 0 aromatic carbocycles. The predicted molar refractivity (Wildman–Crippen MR) is 87.4 cm³/mol. The zero-order valence-electron chi connectivity index (χ0n) is 14.6. The third-order valence-electron chi connectivity index (χ3n) is 6.01. The van der Waals surface area contributed by atoms with Crippen molar-refractivity contribution < 1.29 is 25.1 Å². The first-order valence-electron chi connectivity index (χ1n) is 9.12. The Labute approximate surface area is 139 Å². The van der Waals surface area contributed by atoms with Crippen molar-refractivity contribution in [1.29, 1.82) is 0 Å². The summed E-state index contributed by atoms with van der Waals surface area (Å²) in [6, 6.07) is 0. The van der Waals surface area contributed by atoms with Crippen molar-refractivity contribution in [2.45, 2.75) is 79.9 Å². The molecule has 2 atom stereocenters. The van der Waals surface area contributed by atoms with Gasteiger partial charge in [0.15, 0.2) is 0 Å². The van der Waals surface area contributed by atoms with Gasteiger partial charge < -0.3 is 0 Å². The summed E-state index contributed by atoms with van der Waals surface area (Å²) in [7, 11) is 0. The summed E-state index contributed by atoms with van der Waals surface area (Å²) >= 11 is -2.58. The Kier molecular flexibility index (Phi) is 4.72. The summed E-state index contributed by atoms with van der Waals surface area (Å²) in [5.74, 6) is 0.641. The van der Waals surface area contributed by atoms with Gasteiger partial charge in [-0.1, -0.05) is 0 Å². The summed E-state index contributed by atoms with van der Waals surface area (Å²) < 4.78 is 6.62. The van der Waals surface area contributed by atoms with Crippen LogP contribution < -0.4 is 0 Å². The SMILES string of the molecule is CCC(=O)[O][Ti]([CH3])([CH3])[CH]1CCCC2=C1C(C)C1=C2CCCC1. The van der Waals surface area contributed by atoms with E-state index in [4.69, 9.17) is 3.32 Å². The molecule has 0 amide bonds. The van der Waals surface area contributed by atoms with Crippen molar-refractivity contribution in [3.05, 3.63) is 22.3 Å². The average molecular weight is 338 g/mol. The minimum atomic E-state index is -2.58. The number of carbonyl (C=O) groups excluding carboxylic acids is 1. The van der Waals surface area contributed by atoms with Crippen LogP contribution in [-0.2, 0) is 25.1 Å². The van der Waals surface area contributed by atoms with Crippen LogP contribution >= 0.6 is 0 Å². The van der Waals surface area contributed by atoms with Gasteiger partial charge in [0.2, 0.25) is 0 Å². The molecule has 0 aliphatic heterocycles. The van der Waals surface area contributed by atoms with Crippen molar-refractivity contribution in [3.63, 3.8) is 0 Å². The van der Waals surface area contributed by atoms with Crippen molar-refractivity contribution in [2.24, 2.45) is 5.92 Å². The Bertz CT molecular complexity index is 542. The van der Waals surface area contributed by atoms with Crippen LogP contribution in [-0.4, -0.2) is 5.97 Å². The molecule has 2 nitrogen and oxygen atoms in total. The first kappa shape index (κ1) is 16.5. The fourth-order valence-corrected chi connectivity index (χ4v) is 9.58. The fraction of sp³-hybridized carbons (Fsp3) is 0.737. The van der Waals surface area contributed by atoms with E-state index in [1.807, 2.05) is 6.92 Å². The summed E-state index contributed by atoms with van der Waals surface area (Å²) in [5.41, 5.74) is 6.86. The van der Waals surface area contributed by atoms with Crippen LogP contribution in [0.5, 0.6) is 0 Å². The van der Waals surface area contributed by atoms with Gasteiger partial charge in [0, 0.05) is 0 Å². The number of fused-ring (bicyclic) bond motifs is 1. The van der Waals surface area contributed by atoms with E-state index in [0.29, 0.717) is 16.6 Å². The molecule has 0 N–H and O–H groups in total. The maximum absolute atomic E-state index is 11.9. The standard InChI is InChI=1S/C14H19.C3H6O2.2CH3.Ti/c1-10-11-6-2-4-8-13(11)14-9-5-3-7-12(10)14;1-2-3(4)5;;;/h6,10H,2-5,7-9H2,1H3;2H2,1H3,(H,4,5);2*1H3;/q;;;;+1/p-1. The van der Waals surface area contributed by atoms with Gasteiger partial charge in [-0.05, 0) is 0 Å². The third-order valence-corrected chi connectivity index (χ3v) is 10.7. The molecule has 0 fully saturated rings. The van der Waals surface area contributed by atoms with Crippen LogP contribution in [0.3, 0.4) is 0 Å². The van der Waals surface area contributed by atoms with Gasteiger partial charge in [0.1, 0.15) is 0 Å². The Morgan fingerprint density at radius 1 is 1.14 bits per heavy atom. The topological polar surface area (TPSA) is 26.3 Å². The van der Waals surface area contributed by atoms with Gasteiger partial charge in [-0.15, -0.1) is 0 Å². The van der Waals surface area contributed by atoms with E-state index in [1.165, 1.54) is 44.9 Å². The Morgan fingerprint density at radius 2 is 1.82 bits per heavy atom. The number of carbonyl (C=O) groups is 1. The van der Waals surface area contributed by atoms with E-state index >= 15 is 0 Å². The van der Waals surface area contributed by atoms with Crippen molar-refractivity contribution in [2.75, 3.05) is 0 Å². The molecule has 22 heavy (non-hydrogen) atoms. The molecule has 3 rings (SSSR count). The zero-order chi connectivity index (χ0) is 15.9. The summed E-state index contributed by atoms with van der Waals surface area (Å²) in [5, 5.41) is 4.61. The van der Waals surface area contributed by atoms with E-state index < -0.39 is 17.0 Å². The van der Waals surface area contributed by atoms with Crippen LogP contribution in [0.2, 0.25) is 14.7 Å². The van der Waals surface area contributed by atoms with Crippen molar-refractivity contribution >= 4 is 5.97 Å². The van der Waals surface area contributed by atoms with Gasteiger partial charge >= 0.3 is 139 Å². The van der Waals surface area contributed by atoms with Gasteiger partial charge in [0.05, 0.1) is 0 Å². The number of rotatable bonds is 3. The molecule has 0 bridgehead atoms.